The van der Waals surface area contributed by atoms with Gasteiger partial charge in [-0.25, -0.2) is 0 Å². The van der Waals surface area contributed by atoms with Crippen LogP contribution in [0.4, 0.5) is 0 Å². The minimum atomic E-state index is 0.0290. The van der Waals surface area contributed by atoms with Crippen molar-refractivity contribution in [2.24, 2.45) is 0 Å². The molecule has 0 N–H and O–H groups in total. The summed E-state index contributed by atoms with van der Waals surface area (Å²) in [5.41, 5.74) is 1.68. The summed E-state index contributed by atoms with van der Waals surface area (Å²) in [6.45, 7) is 5.44. The summed E-state index contributed by atoms with van der Waals surface area (Å²) >= 11 is 0. The Balaban J connectivity index is 1.67. The fraction of sp³-hybridized carbons (Fsp3) is 0.444. The Hall–Kier alpha value is -1.94. The number of Topliss-reactive ketones (excluding diaryl/α,β-unsaturated/α-hetero) is 1. The highest BCUT2D eigenvalue weighted by Gasteiger charge is 2.27. The topological polar surface area (TPSA) is 46.3 Å². The van der Waals surface area contributed by atoms with Crippen LogP contribution in [0.25, 0.3) is 11.3 Å². The fourth-order valence-electron chi connectivity index (χ4n) is 3.25. The summed E-state index contributed by atoms with van der Waals surface area (Å²) in [5.74, 6) is 0.388. The largest absolute Gasteiger partial charge is 0.352 e. The number of aromatic nitrogens is 1. The molecular formula is C18H22N2O2. The standard InChI is InChI=1S/C18H22N2O2/c1-13-7-6-10-20(13)14(2)11-17(21)18-12-16(19-22-18)15-8-4-3-5-9-15/h3-5,8-9,12-14H,6-7,10-11H2,1-2H3. The Kier molecular flexibility index (Phi) is 4.39. The third kappa shape index (κ3) is 3.12. The maximum Gasteiger partial charge on any atom is 0.203 e. The molecule has 1 saturated heterocycles. The minimum Gasteiger partial charge on any atom is -0.352 e. The Morgan fingerprint density at radius 3 is 2.86 bits per heavy atom. The van der Waals surface area contributed by atoms with E-state index in [1.165, 1.54) is 12.8 Å². The van der Waals surface area contributed by atoms with Crippen molar-refractivity contribution in [3.8, 4) is 11.3 Å². The van der Waals surface area contributed by atoms with Crippen molar-refractivity contribution in [1.29, 1.82) is 0 Å². The highest BCUT2D eigenvalue weighted by Crippen LogP contribution is 2.23. The number of ketones is 1. The zero-order valence-electron chi connectivity index (χ0n) is 13.2. The van der Waals surface area contributed by atoms with Crippen molar-refractivity contribution in [3.63, 3.8) is 0 Å². The molecule has 2 unspecified atom stereocenters. The minimum absolute atomic E-state index is 0.0290. The van der Waals surface area contributed by atoms with Gasteiger partial charge in [0, 0.05) is 30.1 Å². The van der Waals surface area contributed by atoms with Gasteiger partial charge in [0.2, 0.25) is 11.5 Å². The lowest BCUT2D eigenvalue weighted by molar-refractivity contribution is 0.0888. The van der Waals surface area contributed by atoms with Gasteiger partial charge in [-0.15, -0.1) is 0 Å². The molecule has 1 aliphatic heterocycles. The number of nitrogens with zero attached hydrogens (tertiary/aromatic N) is 2. The van der Waals surface area contributed by atoms with Crippen molar-refractivity contribution in [3.05, 3.63) is 42.2 Å². The smallest absolute Gasteiger partial charge is 0.203 e. The molecular weight excluding hydrogens is 276 g/mol. The Bertz CT molecular complexity index is 636. The van der Waals surface area contributed by atoms with Gasteiger partial charge in [0.1, 0.15) is 5.69 Å². The second-order valence-electron chi connectivity index (χ2n) is 6.15. The summed E-state index contributed by atoms with van der Waals surface area (Å²) in [7, 11) is 0. The zero-order valence-corrected chi connectivity index (χ0v) is 13.2. The van der Waals surface area contributed by atoms with E-state index in [-0.39, 0.29) is 11.8 Å². The van der Waals surface area contributed by atoms with Gasteiger partial charge >= 0.3 is 0 Å². The van der Waals surface area contributed by atoms with Crippen LogP contribution < -0.4 is 0 Å². The van der Waals surface area contributed by atoms with Gasteiger partial charge in [-0.1, -0.05) is 35.5 Å². The van der Waals surface area contributed by atoms with Crippen LogP contribution in [0.3, 0.4) is 0 Å². The van der Waals surface area contributed by atoms with Crippen LogP contribution in [0.15, 0.2) is 40.9 Å². The zero-order chi connectivity index (χ0) is 15.5. The molecule has 22 heavy (non-hydrogen) atoms. The highest BCUT2D eigenvalue weighted by molar-refractivity contribution is 5.94. The van der Waals surface area contributed by atoms with Crippen LogP contribution in [-0.2, 0) is 0 Å². The van der Waals surface area contributed by atoms with E-state index >= 15 is 0 Å². The lowest BCUT2D eigenvalue weighted by atomic mass is 10.1. The van der Waals surface area contributed by atoms with E-state index in [9.17, 15) is 4.79 Å². The number of likely N-dealkylation sites (tertiary alicyclic amines) is 1. The number of carbonyl (C=O) groups excluding carboxylic acids is 1. The van der Waals surface area contributed by atoms with Gasteiger partial charge in [0.15, 0.2) is 0 Å². The van der Waals surface area contributed by atoms with E-state index in [0.29, 0.717) is 23.9 Å². The first kappa shape index (κ1) is 15.0. The van der Waals surface area contributed by atoms with Crippen molar-refractivity contribution in [2.45, 2.75) is 45.2 Å². The average molecular weight is 298 g/mol. The summed E-state index contributed by atoms with van der Waals surface area (Å²) in [6.07, 6.45) is 2.92. The van der Waals surface area contributed by atoms with Gasteiger partial charge in [0.25, 0.3) is 0 Å². The first-order valence-corrected chi connectivity index (χ1v) is 7.96. The van der Waals surface area contributed by atoms with Gasteiger partial charge in [-0.2, -0.15) is 0 Å². The van der Waals surface area contributed by atoms with E-state index in [4.69, 9.17) is 4.52 Å². The van der Waals surface area contributed by atoms with E-state index in [1.54, 1.807) is 6.07 Å². The number of carbonyl (C=O) groups is 1. The molecule has 1 fully saturated rings. The lowest BCUT2D eigenvalue weighted by Gasteiger charge is -2.27. The predicted molar refractivity (Wildman–Crippen MR) is 85.8 cm³/mol. The van der Waals surface area contributed by atoms with Crippen LogP contribution in [0.2, 0.25) is 0 Å². The summed E-state index contributed by atoms with van der Waals surface area (Å²) in [5, 5.41) is 4.02. The second kappa shape index (κ2) is 6.44. The molecule has 0 amide bonds. The van der Waals surface area contributed by atoms with Crippen LogP contribution in [0, 0.1) is 0 Å². The maximum absolute atomic E-state index is 12.4. The normalized spacial score (nSPS) is 20.2. The lowest BCUT2D eigenvalue weighted by Crippen LogP contribution is -2.36. The van der Waals surface area contributed by atoms with Crippen LogP contribution in [0.1, 0.15) is 43.7 Å². The Morgan fingerprint density at radius 1 is 1.41 bits per heavy atom. The molecule has 1 aromatic heterocycles. The Morgan fingerprint density at radius 2 is 2.18 bits per heavy atom. The molecule has 0 spiro atoms. The van der Waals surface area contributed by atoms with Crippen molar-refractivity contribution < 1.29 is 9.32 Å². The summed E-state index contributed by atoms with van der Waals surface area (Å²) in [4.78, 5) is 14.8. The third-order valence-electron chi connectivity index (χ3n) is 4.51. The maximum atomic E-state index is 12.4. The van der Waals surface area contributed by atoms with Crippen LogP contribution in [0.5, 0.6) is 0 Å². The highest BCUT2D eigenvalue weighted by atomic mass is 16.5. The molecule has 2 aromatic rings. The van der Waals surface area contributed by atoms with Crippen LogP contribution >= 0.6 is 0 Å². The molecule has 4 nitrogen and oxygen atoms in total. The fourth-order valence-corrected chi connectivity index (χ4v) is 3.25. The van der Waals surface area contributed by atoms with Crippen molar-refractivity contribution >= 4 is 5.78 Å². The molecule has 0 aliphatic carbocycles. The van der Waals surface area contributed by atoms with E-state index < -0.39 is 0 Å². The molecule has 3 rings (SSSR count). The number of hydrogen-bond acceptors (Lipinski definition) is 4. The average Bonchev–Trinajstić information content (AvgIpc) is 3.17. The molecule has 4 heteroatoms. The van der Waals surface area contributed by atoms with Crippen molar-refractivity contribution in [1.82, 2.24) is 10.1 Å². The summed E-state index contributed by atoms with van der Waals surface area (Å²) < 4.78 is 5.25. The summed E-state index contributed by atoms with van der Waals surface area (Å²) in [6, 6.07) is 12.3. The van der Waals surface area contributed by atoms with Gasteiger partial charge < -0.3 is 4.52 Å². The Labute approximate surface area is 131 Å². The van der Waals surface area contributed by atoms with Gasteiger partial charge in [-0.05, 0) is 33.2 Å². The van der Waals surface area contributed by atoms with E-state index in [2.05, 4.69) is 23.9 Å². The molecule has 1 aromatic carbocycles. The first-order chi connectivity index (χ1) is 10.6. The molecule has 0 saturated carbocycles. The number of benzene rings is 1. The quantitative estimate of drug-likeness (QED) is 0.788. The molecule has 2 atom stereocenters. The molecule has 116 valence electrons. The van der Waals surface area contributed by atoms with Gasteiger partial charge in [0.05, 0.1) is 0 Å². The number of rotatable bonds is 5. The molecule has 0 radical (unpaired) electrons. The monoisotopic (exact) mass is 298 g/mol. The third-order valence-corrected chi connectivity index (χ3v) is 4.51. The van der Waals surface area contributed by atoms with Crippen molar-refractivity contribution in [2.75, 3.05) is 6.54 Å². The van der Waals surface area contributed by atoms with Gasteiger partial charge in [-0.3, -0.25) is 9.69 Å². The second-order valence-corrected chi connectivity index (χ2v) is 6.15. The molecule has 0 bridgehead atoms. The number of hydrogen-bond donors (Lipinski definition) is 0. The molecule has 1 aliphatic rings. The first-order valence-electron chi connectivity index (χ1n) is 7.96. The van der Waals surface area contributed by atoms with E-state index in [1.807, 2.05) is 30.3 Å². The predicted octanol–water partition coefficient (Wildman–Crippen LogP) is 3.79. The van der Waals surface area contributed by atoms with Crippen LogP contribution in [-0.4, -0.2) is 34.5 Å². The molecule has 2 heterocycles. The van der Waals surface area contributed by atoms with E-state index in [0.717, 1.165) is 12.1 Å². The SMILES string of the molecule is CC1CCCN1C(C)CC(=O)c1cc(-c2ccccc2)no1.